The van der Waals surface area contributed by atoms with Crippen molar-refractivity contribution in [3.05, 3.63) is 45.5 Å². The van der Waals surface area contributed by atoms with E-state index in [9.17, 15) is 10.2 Å². The Bertz CT molecular complexity index is 898. The molecule has 2 nitrogen and oxygen atoms in total. The van der Waals surface area contributed by atoms with Crippen LogP contribution in [0, 0.1) is 25.7 Å². The van der Waals surface area contributed by atoms with Gasteiger partial charge >= 0.3 is 0 Å². The van der Waals surface area contributed by atoms with Crippen LogP contribution in [0.5, 0.6) is 11.5 Å². The smallest absolute Gasteiger partial charge is 0.127 e. The average molecular weight is 439 g/mol. The lowest BCUT2D eigenvalue weighted by Gasteiger charge is -2.30. The molecular formula is C30H46O2. The number of hydrogen-bond donors (Lipinski definition) is 2. The van der Waals surface area contributed by atoms with Crippen LogP contribution in [0.3, 0.4) is 0 Å². The van der Waals surface area contributed by atoms with Gasteiger partial charge in [-0.25, -0.2) is 0 Å². The molecule has 0 unspecified atom stereocenters. The Morgan fingerprint density at radius 2 is 1.03 bits per heavy atom. The minimum Gasteiger partial charge on any atom is -0.507 e. The molecule has 2 aromatic rings. The van der Waals surface area contributed by atoms with Gasteiger partial charge in [0, 0.05) is 16.7 Å². The lowest BCUT2D eigenvalue weighted by Crippen LogP contribution is -2.16. The summed E-state index contributed by atoms with van der Waals surface area (Å²) in [5.41, 5.74) is 7.86. The van der Waals surface area contributed by atoms with Gasteiger partial charge in [0.2, 0.25) is 0 Å². The maximum absolute atomic E-state index is 11.6. The van der Waals surface area contributed by atoms with Crippen molar-refractivity contribution in [3.63, 3.8) is 0 Å². The van der Waals surface area contributed by atoms with E-state index in [1.807, 2.05) is 0 Å². The standard InChI is InChI=1S/C30H46O2/c1-17(2)13-21-15-24(30(10,11)12)28(32)25(19(21)5)26-20(6)23(29(7,8)9)16-22(27(26)31)14-18(3)4/h15-18,31-32H,13-14H2,1-12H3. The summed E-state index contributed by atoms with van der Waals surface area (Å²) in [5, 5.41) is 23.2. The number of aromatic hydroxyl groups is 2. The molecule has 2 rings (SSSR count). The highest BCUT2D eigenvalue weighted by Crippen LogP contribution is 2.49. The van der Waals surface area contributed by atoms with Crippen molar-refractivity contribution in [2.24, 2.45) is 11.8 Å². The minimum absolute atomic E-state index is 0.0653. The second kappa shape index (κ2) is 9.12. The lowest BCUT2D eigenvalue weighted by molar-refractivity contribution is 0.443. The Balaban J connectivity index is 3.07. The Labute approximate surface area is 197 Å². The number of phenols is 2. The van der Waals surface area contributed by atoms with Gasteiger partial charge in [0.25, 0.3) is 0 Å². The first-order valence-electron chi connectivity index (χ1n) is 12.2. The van der Waals surface area contributed by atoms with Gasteiger partial charge in [0.1, 0.15) is 11.5 Å². The fourth-order valence-corrected chi connectivity index (χ4v) is 4.86. The molecule has 0 aliphatic carbocycles. The molecule has 0 radical (unpaired) electrons. The highest BCUT2D eigenvalue weighted by molar-refractivity contribution is 5.85. The van der Waals surface area contributed by atoms with E-state index in [-0.39, 0.29) is 10.8 Å². The number of rotatable bonds is 5. The summed E-state index contributed by atoms with van der Waals surface area (Å²) in [7, 11) is 0. The van der Waals surface area contributed by atoms with Gasteiger partial charge in [0.05, 0.1) is 0 Å². The molecular weight excluding hydrogens is 392 g/mol. The number of hydrogen-bond acceptors (Lipinski definition) is 2. The monoisotopic (exact) mass is 438 g/mol. The van der Waals surface area contributed by atoms with Crippen LogP contribution < -0.4 is 0 Å². The van der Waals surface area contributed by atoms with Crippen LogP contribution in [0.4, 0.5) is 0 Å². The maximum atomic E-state index is 11.6. The van der Waals surface area contributed by atoms with E-state index in [1.165, 1.54) is 11.1 Å². The van der Waals surface area contributed by atoms with Gasteiger partial charge in [-0.2, -0.15) is 0 Å². The molecule has 0 atom stereocenters. The third-order valence-electron chi connectivity index (χ3n) is 6.43. The van der Waals surface area contributed by atoms with E-state index < -0.39 is 0 Å². The topological polar surface area (TPSA) is 40.5 Å². The van der Waals surface area contributed by atoms with Crippen molar-refractivity contribution in [1.29, 1.82) is 0 Å². The van der Waals surface area contributed by atoms with Crippen LogP contribution in [0.1, 0.15) is 103 Å². The molecule has 0 aliphatic rings. The van der Waals surface area contributed by atoms with E-state index in [1.54, 1.807) is 0 Å². The van der Waals surface area contributed by atoms with Crippen LogP contribution in [-0.4, -0.2) is 10.2 Å². The summed E-state index contributed by atoms with van der Waals surface area (Å²) in [5.74, 6) is 1.56. The number of benzene rings is 2. The normalized spacial score (nSPS) is 12.8. The molecule has 0 saturated carbocycles. The Morgan fingerprint density at radius 1 is 0.625 bits per heavy atom. The van der Waals surface area contributed by atoms with E-state index in [4.69, 9.17) is 0 Å². The second-order valence-corrected chi connectivity index (χ2v) is 12.6. The summed E-state index contributed by atoms with van der Waals surface area (Å²) in [6.07, 6.45) is 1.75. The molecule has 0 bridgehead atoms. The van der Waals surface area contributed by atoms with E-state index >= 15 is 0 Å². The Hall–Kier alpha value is -1.96. The van der Waals surface area contributed by atoms with E-state index in [0.717, 1.165) is 46.2 Å². The fraction of sp³-hybridized carbons (Fsp3) is 0.600. The lowest BCUT2D eigenvalue weighted by atomic mass is 9.76. The van der Waals surface area contributed by atoms with Crippen LogP contribution >= 0.6 is 0 Å². The first-order chi connectivity index (χ1) is 14.5. The quantitative estimate of drug-likeness (QED) is 0.492. The first kappa shape index (κ1) is 26.3. The van der Waals surface area contributed by atoms with Gasteiger partial charge < -0.3 is 10.2 Å². The summed E-state index contributed by atoms with van der Waals surface area (Å²) in [4.78, 5) is 0. The van der Waals surface area contributed by atoms with Gasteiger partial charge in [-0.3, -0.25) is 0 Å². The second-order valence-electron chi connectivity index (χ2n) is 12.6. The summed E-state index contributed by atoms with van der Waals surface area (Å²) >= 11 is 0. The molecule has 0 spiro atoms. The molecule has 0 amide bonds. The Morgan fingerprint density at radius 3 is 1.47 bits per heavy atom. The summed E-state index contributed by atoms with van der Waals surface area (Å²) in [6, 6.07) is 4.37. The molecule has 178 valence electrons. The molecule has 32 heavy (non-hydrogen) atoms. The van der Waals surface area contributed by atoms with Crippen LogP contribution in [0.15, 0.2) is 12.1 Å². The SMILES string of the molecule is Cc1c(C(C)(C)C)cc(CC(C)C)c(O)c1-c1c(C)c(CC(C)C)cc(C(C)(C)C)c1O. The van der Waals surface area contributed by atoms with Crippen molar-refractivity contribution in [2.75, 3.05) is 0 Å². The predicted molar refractivity (Wildman–Crippen MR) is 139 cm³/mol. The van der Waals surface area contributed by atoms with Crippen molar-refractivity contribution >= 4 is 0 Å². The van der Waals surface area contributed by atoms with Crippen molar-refractivity contribution in [1.82, 2.24) is 0 Å². The fourth-order valence-electron chi connectivity index (χ4n) is 4.86. The molecule has 0 aliphatic heterocycles. The Kier molecular flexibility index (Phi) is 7.49. The summed E-state index contributed by atoms with van der Waals surface area (Å²) in [6.45, 7) is 26.1. The van der Waals surface area contributed by atoms with E-state index in [2.05, 4.69) is 95.2 Å². The molecule has 2 heteroatoms. The average Bonchev–Trinajstić information content (AvgIpc) is 2.59. The molecule has 2 N–H and O–H groups in total. The van der Waals surface area contributed by atoms with Crippen molar-refractivity contribution in [3.8, 4) is 22.6 Å². The highest BCUT2D eigenvalue weighted by atomic mass is 16.3. The molecule has 0 fully saturated rings. The molecule has 0 heterocycles. The van der Waals surface area contributed by atoms with Crippen LogP contribution in [0.25, 0.3) is 11.1 Å². The number of phenolic OH excluding ortho intramolecular Hbond substituents is 2. The molecule has 2 aromatic carbocycles. The predicted octanol–water partition coefficient (Wildman–Crippen LogP) is 8.37. The van der Waals surface area contributed by atoms with Crippen molar-refractivity contribution in [2.45, 2.75) is 107 Å². The summed E-state index contributed by atoms with van der Waals surface area (Å²) < 4.78 is 0. The van der Waals surface area contributed by atoms with Gasteiger partial charge in [0.15, 0.2) is 0 Å². The molecule has 0 saturated heterocycles. The largest absolute Gasteiger partial charge is 0.507 e. The van der Waals surface area contributed by atoms with E-state index in [0.29, 0.717) is 23.3 Å². The van der Waals surface area contributed by atoms with Gasteiger partial charge in [-0.1, -0.05) is 81.4 Å². The zero-order valence-corrected chi connectivity index (χ0v) is 22.6. The zero-order chi connectivity index (χ0) is 24.8. The zero-order valence-electron chi connectivity index (χ0n) is 22.6. The van der Waals surface area contributed by atoms with Crippen LogP contribution in [-0.2, 0) is 23.7 Å². The maximum Gasteiger partial charge on any atom is 0.127 e. The third kappa shape index (κ3) is 5.33. The van der Waals surface area contributed by atoms with Crippen LogP contribution in [0.2, 0.25) is 0 Å². The van der Waals surface area contributed by atoms with Crippen molar-refractivity contribution < 1.29 is 10.2 Å². The minimum atomic E-state index is -0.204. The van der Waals surface area contributed by atoms with Gasteiger partial charge in [-0.05, 0) is 77.2 Å². The first-order valence-corrected chi connectivity index (χ1v) is 12.2. The molecule has 0 aromatic heterocycles. The third-order valence-corrected chi connectivity index (χ3v) is 6.43. The highest BCUT2D eigenvalue weighted by Gasteiger charge is 2.30. The van der Waals surface area contributed by atoms with Gasteiger partial charge in [-0.15, -0.1) is 0 Å².